The molecule has 3 aromatic carbocycles. The number of esters is 2. The molecule has 1 amide bonds. The minimum absolute atomic E-state index is 0.00554. The van der Waals surface area contributed by atoms with Gasteiger partial charge in [0, 0.05) is 17.8 Å². The topological polar surface area (TPSA) is 162 Å². The first-order valence-electron chi connectivity index (χ1n) is 10.1. The monoisotopic (exact) mass is 478 g/mol. The Balaban J connectivity index is 1.91. The highest BCUT2D eigenvalue weighted by Gasteiger charge is 2.41. The number of carbonyl (C=O) groups excluding carboxylic acids is 3. The highest BCUT2D eigenvalue weighted by Crippen LogP contribution is 2.19. The van der Waals surface area contributed by atoms with Crippen LogP contribution in [0, 0.1) is 10.1 Å². The van der Waals surface area contributed by atoms with Gasteiger partial charge in [0.1, 0.15) is 0 Å². The summed E-state index contributed by atoms with van der Waals surface area (Å²) in [6.45, 7) is 0. The molecule has 11 heteroatoms. The molecule has 2 atom stereocenters. The van der Waals surface area contributed by atoms with E-state index in [4.69, 9.17) is 9.47 Å². The summed E-state index contributed by atoms with van der Waals surface area (Å²) < 4.78 is 10.2. The smallest absolute Gasteiger partial charge is 0.349 e. The molecule has 0 bridgehead atoms. The van der Waals surface area contributed by atoms with E-state index in [1.165, 1.54) is 66.7 Å². The van der Waals surface area contributed by atoms with E-state index in [-0.39, 0.29) is 22.5 Å². The fourth-order valence-electron chi connectivity index (χ4n) is 2.92. The Morgan fingerprint density at radius 3 is 1.77 bits per heavy atom. The molecule has 0 saturated heterocycles. The van der Waals surface area contributed by atoms with Crippen molar-refractivity contribution in [3.63, 3.8) is 0 Å². The van der Waals surface area contributed by atoms with Crippen LogP contribution in [0.1, 0.15) is 20.7 Å². The number of nitro benzene ring substituents is 1. The first-order valence-corrected chi connectivity index (χ1v) is 10.1. The molecule has 0 spiro atoms. The molecule has 0 aliphatic rings. The number of nitrogens with one attached hydrogen (secondary N) is 1. The van der Waals surface area contributed by atoms with E-state index in [0.717, 1.165) is 6.07 Å². The Kier molecular flexibility index (Phi) is 7.86. The van der Waals surface area contributed by atoms with Crippen LogP contribution >= 0.6 is 0 Å². The largest absolute Gasteiger partial charge is 0.478 e. The highest BCUT2D eigenvalue weighted by molar-refractivity contribution is 6.01. The summed E-state index contributed by atoms with van der Waals surface area (Å²) in [5.74, 6) is -5.05. The number of rotatable bonds is 9. The van der Waals surface area contributed by atoms with Gasteiger partial charge in [-0.1, -0.05) is 42.5 Å². The van der Waals surface area contributed by atoms with Gasteiger partial charge < -0.3 is 19.9 Å². The summed E-state index contributed by atoms with van der Waals surface area (Å²) >= 11 is 0. The second-order valence-electron chi connectivity index (χ2n) is 7.02. The second kappa shape index (κ2) is 11.2. The van der Waals surface area contributed by atoms with E-state index >= 15 is 0 Å². The van der Waals surface area contributed by atoms with Crippen LogP contribution in [0.4, 0.5) is 11.4 Å². The second-order valence-corrected chi connectivity index (χ2v) is 7.02. The number of nitrogens with zero attached hydrogens (tertiary/aromatic N) is 1. The number of carbonyl (C=O) groups is 4. The molecule has 3 rings (SSSR count). The molecular weight excluding hydrogens is 460 g/mol. The molecule has 0 radical (unpaired) electrons. The number of amides is 1. The number of hydrogen-bond donors (Lipinski definition) is 2. The molecule has 35 heavy (non-hydrogen) atoms. The van der Waals surface area contributed by atoms with Gasteiger partial charge in [-0.3, -0.25) is 14.9 Å². The predicted octanol–water partition coefficient (Wildman–Crippen LogP) is 3.07. The number of carboxylic acids is 1. The maximum atomic E-state index is 13.0. The van der Waals surface area contributed by atoms with Gasteiger partial charge in [0.15, 0.2) is 0 Å². The van der Waals surface area contributed by atoms with Crippen molar-refractivity contribution in [1.82, 2.24) is 0 Å². The summed E-state index contributed by atoms with van der Waals surface area (Å²) in [7, 11) is 0. The lowest BCUT2D eigenvalue weighted by Gasteiger charge is -2.23. The lowest BCUT2D eigenvalue weighted by Crippen LogP contribution is -2.48. The van der Waals surface area contributed by atoms with Crippen molar-refractivity contribution >= 4 is 35.2 Å². The number of nitro groups is 1. The van der Waals surface area contributed by atoms with Crippen LogP contribution in [0.2, 0.25) is 0 Å². The van der Waals surface area contributed by atoms with Gasteiger partial charge in [0.05, 0.1) is 16.1 Å². The average Bonchev–Trinajstić information content (AvgIpc) is 2.86. The zero-order chi connectivity index (χ0) is 25.4. The molecule has 11 nitrogen and oxygen atoms in total. The van der Waals surface area contributed by atoms with Gasteiger partial charge in [-0.05, 0) is 30.3 Å². The van der Waals surface area contributed by atoms with Gasteiger partial charge in [-0.15, -0.1) is 0 Å². The van der Waals surface area contributed by atoms with E-state index in [9.17, 15) is 34.4 Å². The minimum Gasteiger partial charge on any atom is -0.478 e. The number of hydrogen-bond acceptors (Lipinski definition) is 8. The van der Waals surface area contributed by atoms with Crippen molar-refractivity contribution in [1.29, 1.82) is 0 Å². The van der Waals surface area contributed by atoms with Crippen LogP contribution in [0.15, 0.2) is 84.9 Å². The molecule has 0 aliphatic carbocycles. The lowest BCUT2D eigenvalue weighted by atomic mass is 10.1. The van der Waals surface area contributed by atoms with E-state index < -0.39 is 40.9 Å². The van der Waals surface area contributed by atoms with Crippen LogP contribution in [-0.4, -0.2) is 46.1 Å². The Morgan fingerprint density at radius 2 is 1.29 bits per heavy atom. The maximum absolute atomic E-state index is 13.0. The van der Waals surface area contributed by atoms with Crippen molar-refractivity contribution in [2.24, 2.45) is 0 Å². The highest BCUT2D eigenvalue weighted by atomic mass is 16.6. The predicted molar refractivity (Wildman–Crippen MR) is 121 cm³/mol. The molecule has 0 heterocycles. The van der Waals surface area contributed by atoms with Crippen LogP contribution in [0.25, 0.3) is 0 Å². The quantitative estimate of drug-likeness (QED) is 0.267. The molecule has 3 aromatic rings. The molecular formula is C24H18N2O9. The zero-order valence-corrected chi connectivity index (χ0v) is 17.9. The Morgan fingerprint density at radius 1 is 0.771 bits per heavy atom. The number of aliphatic carboxylic acids is 1. The zero-order valence-electron chi connectivity index (χ0n) is 17.9. The first kappa shape index (κ1) is 24.6. The van der Waals surface area contributed by atoms with Gasteiger partial charge in [0.25, 0.3) is 11.6 Å². The first-order chi connectivity index (χ1) is 16.8. The third-order valence-corrected chi connectivity index (χ3v) is 4.59. The molecule has 0 aromatic heterocycles. The summed E-state index contributed by atoms with van der Waals surface area (Å²) in [5, 5.41) is 23.0. The normalized spacial score (nSPS) is 12.0. The fraction of sp³-hybridized carbons (Fsp3) is 0.0833. The summed E-state index contributed by atoms with van der Waals surface area (Å²) in [6.07, 6.45) is -4.36. The Labute approximate surface area is 198 Å². The number of carboxylic acid groups (broad SMARTS) is 1. The maximum Gasteiger partial charge on any atom is 0.349 e. The summed E-state index contributed by atoms with van der Waals surface area (Å²) in [5.41, 5.74) is -0.389. The van der Waals surface area contributed by atoms with Gasteiger partial charge in [-0.25, -0.2) is 14.4 Å². The molecule has 0 fully saturated rings. The molecule has 0 unspecified atom stereocenters. The number of anilines is 1. The molecule has 0 saturated carbocycles. The fourth-order valence-corrected chi connectivity index (χ4v) is 2.92. The third kappa shape index (κ3) is 6.48. The standard InChI is InChI=1S/C24H18N2O9/c27-21(25-17-12-7-13-18(14-17)26(32)33)19(34-23(30)15-8-3-1-4-9-15)20(22(28)29)35-24(31)16-10-5-2-6-11-16/h1-14,19-20H,(H,25,27)(H,28,29)/t19-,20-/m1/s1. The van der Waals surface area contributed by atoms with Gasteiger partial charge in [0.2, 0.25) is 12.2 Å². The van der Waals surface area contributed by atoms with Crippen LogP contribution < -0.4 is 5.32 Å². The summed E-state index contributed by atoms with van der Waals surface area (Å²) in [6, 6.07) is 19.7. The van der Waals surface area contributed by atoms with Gasteiger partial charge >= 0.3 is 17.9 Å². The number of benzene rings is 3. The Hall–Kier alpha value is -5.06. The van der Waals surface area contributed by atoms with Gasteiger partial charge in [-0.2, -0.15) is 0 Å². The third-order valence-electron chi connectivity index (χ3n) is 4.59. The van der Waals surface area contributed by atoms with Crippen molar-refractivity contribution in [2.75, 3.05) is 5.32 Å². The van der Waals surface area contributed by atoms with E-state index in [1.54, 1.807) is 12.1 Å². The number of non-ortho nitro benzene ring substituents is 1. The molecule has 178 valence electrons. The van der Waals surface area contributed by atoms with E-state index in [1.807, 2.05) is 0 Å². The van der Waals surface area contributed by atoms with Crippen LogP contribution in [0.3, 0.4) is 0 Å². The van der Waals surface area contributed by atoms with E-state index in [2.05, 4.69) is 5.32 Å². The SMILES string of the molecule is O=C(O[C@@H](C(=O)O)[C@@H](OC(=O)c1ccccc1)C(=O)Nc1cccc([N+](=O)[O-])c1)c1ccccc1. The summed E-state index contributed by atoms with van der Waals surface area (Å²) in [4.78, 5) is 60.4. The lowest BCUT2D eigenvalue weighted by molar-refractivity contribution is -0.384. The van der Waals surface area contributed by atoms with Crippen LogP contribution in [-0.2, 0) is 19.1 Å². The molecule has 2 N–H and O–H groups in total. The molecule has 0 aliphatic heterocycles. The van der Waals surface area contributed by atoms with Crippen molar-refractivity contribution in [2.45, 2.75) is 12.2 Å². The van der Waals surface area contributed by atoms with Crippen molar-refractivity contribution < 1.29 is 38.7 Å². The minimum atomic E-state index is -2.23. The average molecular weight is 478 g/mol. The van der Waals surface area contributed by atoms with Crippen molar-refractivity contribution in [3.05, 3.63) is 106 Å². The number of ether oxygens (including phenoxy) is 2. The van der Waals surface area contributed by atoms with Crippen LogP contribution in [0.5, 0.6) is 0 Å². The Bertz CT molecular complexity index is 1250. The van der Waals surface area contributed by atoms with E-state index in [0.29, 0.717) is 0 Å². The van der Waals surface area contributed by atoms with Crippen molar-refractivity contribution in [3.8, 4) is 0 Å².